The van der Waals surface area contributed by atoms with Crippen molar-refractivity contribution in [1.82, 2.24) is 20.0 Å². The van der Waals surface area contributed by atoms with Crippen molar-refractivity contribution in [3.8, 4) is 0 Å². The number of hydrogen-bond donors (Lipinski definition) is 1. The highest BCUT2D eigenvalue weighted by Crippen LogP contribution is 2.31. The van der Waals surface area contributed by atoms with E-state index in [-0.39, 0.29) is 24.1 Å². The van der Waals surface area contributed by atoms with Crippen LogP contribution in [0.15, 0.2) is 10.9 Å². The second-order valence-corrected chi connectivity index (χ2v) is 7.32. The molecule has 132 valence electrons. The summed E-state index contributed by atoms with van der Waals surface area (Å²) < 4.78 is 6.79. The second kappa shape index (κ2) is 7.01. The number of amides is 1. The molecule has 1 atom stereocenters. The summed E-state index contributed by atoms with van der Waals surface area (Å²) in [5.74, 6) is -0.333. The molecule has 1 aliphatic heterocycles. The predicted molar refractivity (Wildman–Crippen MR) is 91.6 cm³/mol. The molecule has 2 aromatic heterocycles. The van der Waals surface area contributed by atoms with E-state index in [1.165, 1.54) is 16.0 Å². The van der Waals surface area contributed by atoms with Crippen molar-refractivity contribution in [2.24, 2.45) is 0 Å². The molecule has 0 spiro atoms. The number of fused-ring (bicyclic) bond motifs is 1. The van der Waals surface area contributed by atoms with Gasteiger partial charge in [0.15, 0.2) is 0 Å². The van der Waals surface area contributed by atoms with E-state index in [0.717, 1.165) is 61.4 Å². The zero-order valence-electron chi connectivity index (χ0n) is 13.7. The van der Waals surface area contributed by atoms with E-state index < -0.39 is 0 Å². The molecule has 4 rings (SSSR count). The summed E-state index contributed by atoms with van der Waals surface area (Å²) in [6.45, 7) is 0.611. The lowest BCUT2D eigenvalue weighted by Crippen LogP contribution is -2.31. The number of hydrogen-bond acceptors (Lipinski definition) is 7. The Hall–Kier alpha value is -2.13. The summed E-state index contributed by atoms with van der Waals surface area (Å²) in [6, 6.07) is 1.61. The van der Waals surface area contributed by atoms with Crippen LogP contribution in [0.2, 0.25) is 0 Å². The molecule has 9 heteroatoms. The summed E-state index contributed by atoms with van der Waals surface area (Å²) in [5.41, 5.74) is 1.70. The smallest absolute Gasteiger partial charge is 0.267 e. The zero-order chi connectivity index (χ0) is 17.2. The minimum atomic E-state index is -0.333. The van der Waals surface area contributed by atoms with Gasteiger partial charge in [-0.3, -0.25) is 14.9 Å². The topological polar surface area (TPSA) is 99.0 Å². The van der Waals surface area contributed by atoms with Crippen LogP contribution in [0.4, 0.5) is 5.13 Å². The van der Waals surface area contributed by atoms with Gasteiger partial charge in [-0.15, -0.1) is 10.2 Å². The first-order valence-electron chi connectivity index (χ1n) is 8.54. The molecule has 0 radical (unpaired) electrons. The minimum Gasteiger partial charge on any atom is -0.371 e. The number of carbonyl (C=O) groups excluding carboxylic acids is 1. The molecule has 2 aliphatic rings. The SMILES string of the molecule is O=C(Cn1nc2c(cc1=O)CCCC2)Nc1nnc(C2CCCO2)s1. The molecule has 3 heterocycles. The highest BCUT2D eigenvalue weighted by molar-refractivity contribution is 7.15. The zero-order valence-corrected chi connectivity index (χ0v) is 14.5. The Morgan fingerprint density at radius 1 is 1.32 bits per heavy atom. The van der Waals surface area contributed by atoms with E-state index in [1.54, 1.807) is 6.07 Å². The Bertz CT molecular complexity index is 841. The lowest BCUT2D eigenvalue weighted by molar-refractivity contribution is -0.117. The van der Waals surface area contributed by atoms with Crippen LogP contribution in [0.25, 0.3) is 0 Å². The number of aromatic nitrogens is 4. The molecular formula is C16H19N5O3S. The van der Waals surface area contributed by atoms with Crippen molar-refractivity contribution < 1.29 is 9.53 Å². The van der Waals surface area contributed by atoms with Crippen LogP contribution in [0.5, 0.6) is 0 Å². The summed E-state index contributed by atoms with van der Waals surface area (Å²) in [4.78, 5) is 24.4. The summed E-state index contributed by atoms with van der Waals surface area (Å²) in [7, 11) is 0. The van der Waals surface area contributed by atoms with Gasteiger partial charge in [0.25, 0.3) is 5.56 Å². The minimum absolute atomic E-state index is 0.0203. The quantitative estimate of drug-likeness (QED) is 0.885. The van der Waals surface area contributed by atoms with E-state index in [9.17, 15) is 9.59 Å². The first kappa shape index (κ1) is 16.3. The Labute approximate surface area is 148 Å². The van der Waals surface area contributed by atoms with Gasteiger partial charge in [-0.05, 0) is 44.1 Å². The van der Waals surface area contributed by atoms with Crippen LogP contribution in [0.3, 0.4) is 0 Å². The molecule has 1 unspecified atom stereocenters. The Balaban J connectivity index is 1.43. The van der Waals surface area contributed by atoms with Crippen LogP contribution >= 0.6 is 11.3 Å². The van der Waals surface area contributed by atoms with Crippen molar-refractivity contribution in [2.75, 3.05) is 11.9 Å². The predicted octanol–water partition coefficient (Wildman–Crippen LogP) is 1.46. The largest absolute Gasteiger partial charge is 0.371 e. The molecular weight excluding hydrogens is 342 g/mol. The number of nitrogens with zero attached hydrogens (tertiary/aromatic N) is 4. The van der Waals surface area contributed by atoms with Crippen molar-refractivity contribution in [3.05, 3.63) is 32.7 Å². The first-order chi connectivity index (χ1) is 12.2. The average Bonchev–Trinajstić information content (AvgIpc) is 3.26. The van der Waals surface area contributed by atoms with E-state index in [1.807, 2.05) is 0 Å². The fourth-order valence-electron chi connectivity index (χ4n) is 3.20. The van der Waals surface area contributed by atoms with Crippen molar-refractivity contribution in [3.63, 3.8) is 0 Å². The van der Waals surface area contributed by atoms with Crippen LogP contribution in [-0.4, -0.2) is 32.5 Å². The highest BCUT2D eigenvalue weighted by atomic mass is 32.1. The van der Waals surface area contributed by atoms with Crippen LogP contribution in [0, 0.1) is 0 Å². The Kier molecular flexibility index (Phi) is 4.58. The molecule has 0 saturated carbocycles. The van der Waals surface area contributed by atoms with Crippen molar-refractivity contribution in [1.29, 1.82) is 0 Å². The lowest BCUT2D eigenvalue weighted by atomic mass is 9.97. The first-order valence-corrected chi connectivity index (χ1v) is 9.35. The van der Waals surface area contributed by atoms with Gasteiger partial charge in [-0.25, -0.2) is 4.68 Å². The van der Waals surface area contributed by atoms with Gasteiger partial charge in [0.2, 0.25) is 11.0 Å². The number of aryl methyl sites for hydroxylation is 2. The third-order valence-corrected chi connectivity index (χ3v) is 5.39. The van der Waals surface area contributed by atoms with Gasteiger partial charge in [0.1, 0.15) is 17.7 Å². The Morgan fingerprint density at radius 3 is 3.04 bits per heavy atom. The average molecular weight is 361 g/mol. The van der Waals surface area contributed by atoms with Gasteiger partial charge in [0, 0.05) is 12.7 Å². The van der Waals surface area contributed by atoms with Crippen molar-refractivity contribution in [2.45, 2.75) is 51.2 Å². The molecule has 1 aliphatic carbocycles. The van der Waals surface area contributed by atoms with Gasteiger partial charge in [-0.2, -0.15) is 5.10 Å². The number of ether oxygens (including phenoxy) is 1. The lowest BCUT2D eigenvalue weighted by Gasteiger charge is -2.15. The fraction of sp³-hybridized carbons (Fsp3) is 0.562. The monoisotopic (exact) mass is 361 g/mol. The molecule has 1 fully saturated rings. The van der Waals surface area contributed by atoms with Crippen LogP contribution in [0.1, 0.15) is 48.1 Å². The standard InChI is InChI=1S/C16H19N5O3S/c22-13(17-16-19-18-15(25-16)12-6-3-7-24-12)9-21-14(23)8-10-4-1-2-5-11(10)20-21/h8,12H,1-7,9H2,(H,17,19,22). The third-order valence-electron chi connectivity index (χ3n) is 4.46. The van der Waals surface area contributed by atoms with Crippen molar-refractivity contribution >= 4 is 22.4 Å². The molecule has 8 nitrogen and oxygen atoms in total. The van der Waals surface area contributed by atoms with E-state index in [2.05, 4.69) is 20.6 Å². The number of anilines is 1. The molecule has 2 aromatic rings. The molecule has 1 amide bonds. The molecule has 1 saturated heterocycles. The number of carbonyl (C=O) groups is 1. The molecule has 0 bridgehead atoms. The van der Waals surface area contributed by atoms with Crippen LogP contribution in [-0.2, 0) is 28.9 Å². The van der Waals surface area contributed by atoms with Gasteiger partial charge < -0.3 is 4.74 Å². The van der Waals surface area contributed by atoms with Crippen LogP contribution < -0.4 is 10.9 Å². The summed E-state index contributed by atoms with van der Waals surface area (Å²) in [5, 5.41) is 16.3. The van der Waals surface area contributed by atoms with E-state index in [4.69, 9.17) is 4.74 Å². The summed E-state index contributed by atoms with van der Waals surface area (Å²) in [6.07, 6.45) is 5.83. The molecule has 0 aromatic carbocycles. The van der Waals surface area contributed by atoms with E-state index >= 15 is 0 Å². The fourth-order valence-corrected chi connectivity index (χ4v) is 4.04. The van der Waals surface area contributed by atoms with Gasteiger partial charge >= 0.3 is 0 Å². The number of nitrogens with one attached hydrogen (secondary N) is 1. The molecule has 1 N–H and O–H groups in total. The Morgan fingerprint density at radius 2 is 2.20 bits per heavy atom. The van der Waals surface area contributed by atoms with E-state index in [0.29, 0.717) is 5.13 Å². The summed E-state index contributed by atoms with van der Waals surface area (Å²) >= 11 is 1.31. The molecule has 25 heavy (non-hydrogen) atoms. The highest BCUT2D eigenvalue weighted by Gasteiger charge is 2.22. The number of rotatable bonds is 4. The van der Waals surface area contributed by atoms with Gasteiger partial charge in [0.05, 0.1) is 5.69 Å². The normalized spacial score (nSPS) is 19.6. The maximum Gasteiger partial charge on any atom is 0.267 e. The third kappa shape index (κ3) is 3.62. The second-order valence-electron chi connectivity index (χ2n) is 6.31. The van der Waals surface area contributed by atoms with Gasteiger partial charge in [-0.1, -0.05) is 11.3 Å². The maximum atomic E-state index is 12.2. The maximum absolute atomic E-state index is 12.2.